The highest BCUT2D eigenvalue weighted by Crippen LogP contribution is 2.33. The number of nitrogens with one attached hydrogen (secondary N) is 3. The first-order valence-corrected chi connectivity index (χ1v) is 11.3. The minimum absolute atomic E-state index is 0.0306. The number of benzene rings is 1. The van der Waals surface area contributed by atoms with Crippen molar-refractivity contribution in [3.8, 4) is 0 Å². The number of carbonyl (C=O) groups is 2. The van der Waals surface area contributed by atoms with Gasteiger partial charge in [-0.05, 0) is 30.9 Å². The second-order valence-corrected chi connectivity index (χ2v) is 9.33. The lowest BCUT2D eigenvalue weighted by molar-refractivity contribution is -0.132. The molecule has 28 heavy (non-hydrogen) atoms. The number of nitrogens with zero attached hydrogens (tertiary/aromatic N) is 1. The number of hydrogen-bond acceptors (Lipinski definition) is 3. The van der Waals surface area contributed by atoms with Gasteiger partial charge in [0.15, 0.2) is 0 Å². The lowest BCUT2D eigenvalue weighted by Crippen LogP contribution is -2.37. The highest BCUT2D eigenvalue weighted by molar-refractivity contribution is 8.00. The van der Waals surface area contributed by atoms with Crippen molar-refractivity contribution in [2.24, 2.45) is 0 Å². The fraction of sp³-hybridized carbons (Fsp3) is 0.524. The second-order valence-electron chi connectivity index (χ2n) is 8.06. The second kappa shape index (κ2) is 7.35. The Bertz CT molecular complexity index is 911. The number of aromatic amines is 1. The number of carbonyl (C=O) groups excluding carboxylic acids is 2. The van der Waals surface area contributed by atoms with Gasteiger partial charge in [0.1, 0.15) is 0 Å². The summed E-state index contributed by atoms with van der Waals surface area (Å²) in [7, 11) is 0. The van der Waals surface area contributed by atoms with E-state index < -0.39 is 0 Å². The van der Waals surface area contributed by atoms with Crippen molar-refractivity contribution < 1.29 is 9.59 Å². The maximum absolute atomic E-state index is 12.7. The van der Waals surface area contributed by atoms with Crippen LogP contribution < -0.4 is 10.6 Å². The van der Waals surface area contributed by atoms with Crippen molar-refractivity contribution in [3.63, 3.8) is 0 Å². The number of H-pyrrole nitrogens is 1. The Kier molecular flexibility index (Phi) is 4.70. The molecule has 2 saturated heterocycles. The summed E-state index contributed by atoms with van der Waals surface area (Å²) in [6.45, 7) is 1.51. The van der Waals surface area contributed by atoms with Crippen molar-refractivity contribution >= 4 is 34.6 Å². The highest BCUT2D eigenvalue weighted by atomic mass is 32.2. The minimum Gasteiger partial charge on any atom is -0.357 e. The first-order chi connectivity index (χ1) is 13.7. The Labute approximate surface area is 168 Å². The van der Waals surface area contributed by atoms with Gasteiger partial charge in [-0.2, -0.15) is 11.8 Å². The first-order valence-electron chi connectivity index (χ1n) is 10.2. The van der Waals surface area contributed by atoms with Gasteiger partial charge in [-0.1, -0.05) is 24.6 Å². The van der Waals surface area contributed by atoms with Crippen molar-refractivity contribution in [1.82, 2.24) is 20.5 Å². The summed E-state index contributed by atoms with van der Waals surface area (Å²) in [6, 6.07) is 8.90. The largest absolute Gasteiger partial charge is 0.357 e. The molecule has 0 radical (unpaired) electrons. The SMILES string of the molecule is O=C1N[C@H]2[C@H](CS[C@H]2CCCCC(=O)N2CCc3c([nH]c4ccccc34)C2)N1. The van der Waals surface area contributed by atoms with E-state index in [0.717, 1.165) is 38.0 Å². The summed E-state index contributed by atoms with van der Waals surface area (Å²) in [5.41, 5.74) is 3.74. The van der Waals surface area contributed by atoms with Gasteiger partial charge in [0, 0.05) is 40.6 Å². The van der Waals surface area contributed by atoms with Crippen LogP contribution in [0.2, 0.25) is 0 Å². The van der Waals surface area contributed by atoms with E-state index in [1.807, 2.05) is 22.7 Å². The van der Waals surface area contributed by atoms with Crippen LogP contribution in [0.4, 0.5) is 4.79 Å². The molecule has 4 heterocycles. The molecule has 1 aromatic carbocycles. The zero-order chi connectivity index (χ0) is 19.1. The third-order valence-electron chi connectivity index (χ3n) is 6.30. The highest BCUT2D eigenvalue weighted by Gasteiger charge is 2.42. The topological polar surface area (TPSA) is 77.2 Å². The average Bonchev–Trinajstić information content (AvgIpc) is 3.36. The number of fused-ring (bicyclic) bond motifs is 4. The molecule has 3 amide bonds. The summed E-state index contributed by atoms with van der Waals surface area (Å²) in [4.78, 5) is 29.6. The lowest BCUT2D eigenvalue weighted by Gasteiger charge is -2.27. The normalized spacial score (nSPS) is 26.1. The first kappa shape index (κ1) is 17.9. The number of urea groups is 1. The molecule has 0 aliphatic carbocycles. The van der Waals surface area contributed by atoms with E-state index >= 15 is 0 Å². The van der Waals surface area contributed by atoms with E-state index in [0.29, 0.717) is 18.2 Å². The van der Waals surface area contributed by atoms with Crippen molar-refractivity contribution in [1.29, 1.82) is 0 Å². The monoisotopic (exact) mass is 398 g/mol. The molecule has 5 rings (SSSR count). The molecule has 3 atom stereocenters. The minimum atomic E-state index is -0.0306. The van der Waals surface area contributed by atoms with Crippen molar-refractivity contribution in [2.45, 2.75) is 56.0 Å². The van der Waals surface area contributed by atoms with Crippen LogP contribution in [-0.2, 0) is 17.8 Å². The Hall–Kier alpha value is -2.15. The predicted octanol–water partition coefficient (Wildman–Crippen LogP) is 2.78. The molecule has 0 unspecified atom stereocenters. The van der Waals surface area contributed by atoms with E-state index in [4.69, 9.17) is 0 Å². The van der Waals surface area contributed by atoms with Crippen LogP contribution in [0.1, 0.15) is 36.9 Å². The molecular formula is C21H26N4O2S. The van der Waals surface area contributed by atoms with Gasteiger partial charge in [-0.15, -0.1) is 0 Å². The van der Waals surface area contributed by atoms with Crippen LogP contribution in [0, 0.1) is 0 Å². The third-order valence-corrected chi connectivity index (χ3v) is 7.81. The van der Waals surface area contributed by atoms with Crippen LogP contribution >= 0.6 is 11.8 Å². The van der Waals surface area contributed by atoms with E-state index in [1.165, 1.54) is 22.2 Å². The number of hydrogen-bond donors (Lipinski definition) is 3. The van der Waals surface area contributed by atoms with E-state index in [-0.39, 0.29) is 24.0 Å². The van der Waals surface area contributed by atoms with E-state index in [2.05, 4.69) is 33.8 Å². The number of amides is 3. The Morgan fingerprint density at radius 2 is 2.11 bits per heavy atom. The van der Waals surface area contributed by atoms with Crippen molar-refractivity contribution in [2.75, 3.05) is 12.3 Å². The van der Waals surface area contributed by atoms with Crippen molar-refractivity contribution in [3.05, 3.63) is 35.5 Å². The number of thioether (sulfide) groups is 1. The molecule has 148 valence electrons. The van der Waals surface area contributed by atoms with Crippen LogP contribution in [0.15, 0.2) is 24.3 Å². The van der Waals surface area contributed by atoms with E-state index in [9.17, 15) is 9.59 Å². The van der Waals surface area contributed by atoms with Gasteiger partial charge >= 0.3 is 6.03 Å². The van der Waals surface area contributed by atoms with E-state index in [1.54, 1.807) is 0 Å². The molecular weight excluding hydrogens is 372 g/mol. The Morgan fingerprint density at radius 3 is 3.04 bits per heavy atom. The third kappa shape index (κ3) is 3.26. The molecule has 3 N–H and O–H groups in total. The van der Waals surface area contributed by atoms with Gasteiger partial charge in [0.2, 0.25) is 5.91 Å². The van der Waals surface area contributed by atoms with Gasteiger partial charge in [0.25, 0.3) is 0 Å². The quantitative estimate of drug-likeness (QED) is 0.535. The summed E-state index contributed by atoms with van der Waals surface area (Å²) in [5, 5.41) is 7.79. The summed E-state index contributed by atoms with van der Waals surface area (Å²) in [5.74, 6) is 1.25. The number of unbranched alkanes of at least 4 members (excludes halogenated alkanes) is 1. The van der Waals surface area contributed by atoms with Gasteiger partial charge < -0.3 is 20.5 Å². The summed E-state index contributed by atoms with van der Waals surface area (Å²) < 4.78 is 0. The maximum atomic E-state index is 12.7. The number of para-hydroxylation sites is 1. The molecule has 2 fully saturated rings. The standard InChI is InChI=1S/C21H26N4O2S/c26-19(8-4-3-7-18-20-17(12-28-18)23-21(27)24-20)25-10-9-14-13-5-1-2-6-15(13)22-16(14)11-25/h1-2,5-6,17-18,20,22H,3-4,7-12H2,(H2,23,24,27)/t17-,18-,20-/m0/s1. The molecule has 7 heteroatoms. The van der Waals surface area contributed by atoms with Gasteiger partial charge in [0.05, 0.1) is 18.6 Å². The Morgan fingerprint density at radius 1 is 1.21 bits per heavy atom. The summed E-state index contributed by atoms with van der Waals surface area (Å²) in [6.07, 6.45) is 4.57. The van der Waals surface area contributed by atoms with Crippen LogP contribution in [0.3, 0.4) is 0 Å². The molecule has 0 spiro atoms. The van der Waals surface area contributed by atoms with Crippen LogP contribution in [0.25, 0.3) is 10.9 Å². The molecule has 1 aromatic heterocycles. The predicted molar refractivity (Wildman–Crippen MR) is 111 cm³/mol. The molecule has 3 aliphatic heterocycles. The smallest absolute Gasteiger partial charge is 0.315 e. The number of aromatic nitrogens is 1. The molecule has 2 aromatic rings. The zero-order valence-electron chi connectivity index (χ0n) is 15.9. The summed E-state index contributed by atoms with van der Waals surface area (Å²) >= 11 is 1.94. The lowest BCUT2D eigenvalue weighted by atomic mass is 10.0. The molecule has 3 aliphatic rings. The fourth-order valence-corrected chi connectivity index (χ4v) is 6.37. The Balaban J connectivity index is 1.10. The van der Waals surface area contributed by atoms with Crippen LogP contribution in [-0.4, -0.2) is 51.5 Å². The maximum Gasteiger partial charge on any atom is 0.315 e. The average molecular weight is 399 g/mol. The van der Waals surface area contributed by atoms with Gasteiger partial charge in [-0.3, -0.25) is 4.79 Å². The molecule has 0 bridgehead atoms. The molecule has 0 saturated carbocycles. The molecule has 6 nitrogen and oxygen atoms in total. The van der Waals surface area contributed by atoms with Gasteiger partial charge in [-0.25, -0.2) is 4.79 Å². The zero-order valence-corrected chi connectivity index (χ0v) is 16.7. The van der Waals surface area contributed by atoms with Crippen LogP contribution in [0.5, 0.6) is 0 Å². The number of rotatable bonds is 5. The fourth-order valence-electron chi connectivity index (χ4n) is 4.83.